The second-order valence-corrected chi connectivity index (χ2v) is 8.27. The lowest BCUT2D eigenvalue weighted by Gasteiger charge is -2.42. The van der Waals surface area contributed by atoms with Gasteiger partial charge in [0.1, 0.15) is 11.4 Å². The molecule has 0 spiro atoms. The number of carbonyl (C=O) groups excluding carboxylic acids is 1. The maximum atomic E-state index is 13.0. The van der Waals surface area contributed by atoms with Crippen molar-refractivity contribution >= 4 is 5.78 Å². The second-order valence-electron chi connectivity index (χ2n) is 8.27. The van der Waals surface area contributed by atoms with Crippen LogP contribution in [0.2, 0.25) is 0 Å². The molecule has 0 amide bonds. The van der Waals surface area contributed by atoms with Gasteiger partial charge in [0.2, 0.25) is 11.8 Å². The molecule has 0 bridgehead atoms. The number of Topliss-reactive ketones (excluding diaryl/α,β-unsaturated/α-hetero) is 1. The summed E-state index contributed by atoms with van der Waals surface area (Å²) < 4.78 is 53.8. The van der Waals surface area contributed by atoms with Gasteiger partial charge in [-0.1, -0.05) is 6.92 Å². The number of nitrogens with zero attached hydrogens (tertiary/aromatic N) is 3. The van der Waals surface area contributed by atoms with Gasteiger partial charge in [-0.25, -0.2) is 0 Å². The summed E-state index contributed by atoms with van der Waals surface area (Å²) in [5, 5.41) is 7.91. The lowest BCUT2D eigenvalue weighted by Crippen LogP contribution is -2.45. The quantitative estimate of drug-likeness (QED) is 0.591. The molecule has 30 heavy (non-hydrogen) atoms. The first-order chi connectivity index (χ1) is 14.1. The van der Waals surface area contributed by atoms with Gasteiger partial charge in [-0.05, 0) is 18.8 Å². The van der Waals surface area contributed by atoms with Crippen molar-refractivity contribution in [1.82, 2.24) is 15.2 Å². The molecule has 7 nitrogen and oxygen atoms in total. The summed E-state index contributed by atoms with van der Waals surface area (Å²) >= 11 is 0. The Morgan fingerprint density at radius 3 is 2.60 bits per heavy atom. The fourth-order valence-electron chi connectivity index (χ4n) is 3.59. The molecule has 1 aliphatic heterocycles. The molecule has 0 radical (unpaired) electrons. The molecule has 1 aliphatic carbocycles. The Bertz CT molecular complexity index is 936. The van der Waals surface area contributed by atoms with Gasteiger partial charge in [-0.2, -0.15) is 13.2 Å². The average molecular weight is 425 g/mol. The Hall–Kier alpha value is -2.49. The number of aromatic nitrogens is 3. The molecule has 1 atom stereocenters. The van der Waals surface area contributed by atoms with E-state index in [1.54, 1.807) is 6.92 Å². The fraction of sp³-hybridized carbons (Fsp3) is 0.600. The molecule has 3 heterocycles. The summed E-state index contributed by atoms with van der Waals surface area (Å²) in [6.07, 6.45) is -1.25. The summed E-state index contributed by atoms with van der Waals surface area (Å²) in [5.74, 6) is 0.213. The number of halogens is 3. The number of ether oxygens (including phenoxy) is 2. The minimum Gasteiger partial charge on any atom is -0.484 e. The van der Waals surface area contributed by atoms with Crippen LogP contribution >= 0.6 is 0 Å². The third-order valence-corrected chi connectivity index (χ3v) is 5.52. The molecule has 4 rings (SSSR count). The summed E-state index contributed by atoms with van der Waals surface area (Å²) in [6.45, 7) is 3.11. The van der Waals surface area contributed by atoms with Crippen molar-refractivity contribution in [3.05, 3.63) is 35.3 Å². The highest BCUT2D eigenvalue weighted by Crippen LogP contribution is 2.46. The Morgan fingerprint density at radius 2 is 2.07 bits per heavy atom. The van der Waals surface area contributed by atoms with E-state index in [1.165, 1.54) is 12.3 Å². The van der Waals surface area contributed by atoms with Crippen LogP contribution in [0, 0.1) is 12.3 Å². The van der Waals surface area contributed by atoms with Crippen LogP contribution in [0.5, 0.6) is 5.75 Å². The fourth-order valence-corrected chi connectivity index (χ4v) is 3.59. The van der Waals surface area contributed by atoms with Crippen LogP contribution in [0.15, 0.2) is 16.7 Å². The molecule has 1 saturated heterocycles. The zero-order valence-electron chi connectivity index (χ0n) is 16.7. The number of hydrogen-bond acceptors (Lipinski definition) is 7. The minimum absolute atomic E-state index is 0.0238. The first kappa shape index (κ1) is 20.8. The van der Waals surface area contributed by atoms with Crippen LogP contribution in [0.1, 0.15) is 65.9 Å². The van der Waals surface area contributed by atoms with Gasteiger partial charge < -0.3 is 13.9 Å². The van der Waals surface area contributed by atoms with Crippen molar-refractivity contribution in [3.8, 4) is 5.75 Å². The highest BCUT2D eigenvalue weighted by molar-refractivity contribution is 5.95. The summed E-state index contributed by atoms with van der Waals surface area (Å²) in [7, 11) is 0. The molecule has 2 fully saturated rings. The first-order valence-corrected chi connectivity index (χ1v) is 9.75. The number of hydrogen-bond donors (Lipinski definition) is 0. The monoisotopic (exact) mass is 425 g/mol. The smallest absolute Gasteiger partial charge is 0.422 e. The predicted molar refractivity (Wildman–Crippen MR) is 97.4 cm³/mol. The normalized spacial score (nSPS) is 19.2. The third kappa shape index (κ3) is 4.48. The highest BCUT2D eigenvalue weighted by atomic mass is 19.4. The molecule has 2 aromatic rings. The third-order valence-electron chi connectivity index (χ3n) is 5.52. The molecule has 0 aromatic carbocycles. The zero-order valence-corrected chi connectivity index (χ0v) is 16.7. The lowest BCUT2D eigenvalue weighted by atomic mass is 9.72. The van der Waals surface area contributed by atoms with Crippen LogP contribution in [-0.2, 0) is 4.74 Å². The van der Waals surface area contributed by atoms with Crippen molar-refractivity contribution in [1.29, 1.82) is 0 Å². The van der Waals surface area contributed by atoms with Crippen LogP contribution in [0.25, 0.3) is 0 Å². The molecule has 2 aromatic heterocycles. The minimum atomic E-state index is -4.46. The van der Waals surface area contributed by atoms with Gasteiger partial charge >= 0.3 is 6.18 Å². The lowest BCUT2D eigenvalue weighted by molar-refractivity contribution is -0.153. The molecule has 162 valence electrons. The molecule has 1 unspecified atom stereocenters. The largest absolute Gasteiger partial charge is 0.484 e. The average Bonchev–Trinajstić information content (AvgIpc) is 3.42. The van der Waals surface area contributed by atoms with E-state index in [0.29, 0.717) is 30.6 Å². The van der Waals surface area contributed by atoms with Crippen molar-refractivity contribution < 1.29 is 31.9 Å². The van der Waals surface area contributed by atoms with E-state index < -0.39 is 12.8 Å². The van der Waals surface area contributed by atoms with Gasteiger partial charge in [0.15, 0.2) is 12.4 Å². The number of alkyl halides is 3. The van der Waals surface area contributed by atoms with Crippen LogP contribution in [-0.4, -0.2) is 47.0 Å². The van der Waals surface area contributed by atoms with Gasteiger partial charge in [-0.3, -0.25) is 9.78 Å². The van der Waals surface area contributed by atoms with Crippen molar-refractivity contribution in [3.63, 3.8) is 0 Å². The van der Waals surface area contributed by atoms with E-state index in [-0.39, 0.29) is 40.9 Å². The maximum absolute atomic E-state index is 13.0. The molecule has 0 N–H and O–H groups in total. The molecule has 10 heteroatoms. The Labute approximate surface area is 171 Å². The van der Waals surface area contributed by atoms with E-state index in [1.807, 2.05) is 6.92 Å². The number of aryl methyl sites for hydroxylation is 1. The van der Waals surface area contributed by atoms with Crippen LogP contribution in [0.3, 0.4) is 0 Å². The van der Waals surface area contributed by atoms with Gasteiger partial charge in [0, 0.05) is 36.6 Å². The predicted octanol–water partition coefficient (Wildman–Crippen LogP) is 3.98. The van der Waals surface area contributed by atoms with Crippen molar-refractivity contribution in [2.45, 2.75) is 51.1 Å². The summed E-state index contributed by atoms with van der Waals surface area (Å²) in [4.78, 5) is 17.2. The number of carbonyl (C=O) groups is 1. The number of pyridine rings is 1. The SMILES string of the molecule is Cc1nnc(C(CC(=O)c2cc(OCC(F)(F)F)c(C3CC3)cn2)C2(C)COC2)o1. The summed E-state index contributed by atoms with van der Waals surface area (Å²) in [6, 6.07) is 1.32. The Balaban J connectivity index is 1.57. The standard InChI is InChI=1S/C20H22F3N3O4/c1-11-25-26-18(30-11)14(19(2)8-28-9-19)5-16(27)15-6-17(29-10-20(21,22)23)13(7-24-15)12-3-4-12/h6-7,12,14H,3-5,8-10H2,1-2H3. The van der Waals surface area contributed by atoms with Gasteiger partial charge in [-0.15, -0.1) is 10.2 Å². The van der Waals surface area contributed by atoms with E-state index in [2.05, 4.69) is 15.2 Å². The number of ketones is 1. The van der Waals surface area contributed by atoms with Crippen molar-refractivity contribution in [2.75, 3.05) is 19.8 Å². The molecule has 1 saturated carbocycles. The Kier molecular flexibility index (Phi) is 5.29. The molecular formula is C20H22F3N3O4. The van der Waals surface area contributed by atoms with E-state index in [0.717, 1.165) is 12.8 Å². The van der Waals surface area contributed by atoms with Crippen LogP contribution < -0.4 is 4.74 Å². The second kappa shape index (κ2) is 7.64. The maximum Gasteiger partial charge on any atom is 0.422 e. The van der Waals surface area contributed by atoms with E-state index in [4.69, 9.17) is 13.9 Å². The van der Waals surface area contributed by atoms with Crippen LogP contribution in [0.4, 0.5) is 13.2 Å². The van der Waals surface area contributed by atoms with E-state index in [9.17, 15) is 18.0 Å². The molecule has 2 aliphatic rings. The topological polar surface area (TPSA) is 87.3 Å². The zero-order chi connectivity index (χ0) is 21.5. The number of rotatable bonds is 8. The van der Waals surface area contributed by atoms with Gasteiger partial charge in [0.05, 0.1) is 19.1 Å². The summed E-state index contributed by atoms with van der Waals surface area (Å²) in [5.41, 5.74) is 0.318. The Morgan fingerprint density at radius 1 is 1.33 bits per heavy atom. The van der Waals surface area contributed by atoms with E-state index >= 15 is 0 Å². The van der Waals surface area contributed by atoms with Gasteiger partial charge in [0.25, 0.3) is 0 Å². The first-order valence-electron chi connectivity index (χ1n) is 9.75. The highest BCUT2D eigenvalue weighted by Gasteiger charge is 2.46. The van der Waals surface area contributed by atoms with Crippen molar-refractivity contribution in [2.24, 2.45) is 5.41 Å². The molecular weight excluding hydrogens is 403 g/mol.